The van der Waals surface area contributed by atoms with E-state index in [1.165, 1.54) is 0 Å². The van der Waals surface area contributed by atoms with Crippen molar-refractivity contribution < 1.29 is 19.5 Å². The van der Waals surface area contributed by atoms with Crippen molar-refractivity contribution in [2.75, 3.05) is 13.1 Å². The third-order valence-corrected chi connectivity index (χ3v) is 5.78. The first-order valence-corrected chi connectivity index (χ1v) is 9.74. The molecule has 2 N–H and O–H groups in total. The molecule has 0 spiro atoms. The van der Waals surface area contributed by atoms with Gasteiger partial charge in [0, 0.05) is 19.5 Å². The van der Waals surface area contributed by atoms with Crippen molar-refractivity contribution in [3.05, 3.63) is 71.8 Å². The lowest BCUT2D eigenvalue weighted by Gasteiger charge is -2.27. The number of aliphatic carboxylic acids is 1. The van der Waals surface area contributed by atoms with E-state index in [2.05, 4.69) is 5.32 Å². The van der Waals surface area contributed by atoms with Crippen LogP contribution in [-0.2, 0) is 19.8 Å². The molecule has 1 aliphatic rings. The number of carbonyl (C=O) groups is 3. The Kier molecular flexibility index (Phi) is 6.01. The molecule has 0 aliphatic carbocycles. The predicted octanol–water partition coefficient (Wildman–Crippen LogP) is 2.75. The Labute approximate surface area is 170 Å². The van der Waals surface area contributed by atoms with Crippen LogP contribution >= 0.6 is 0 Å². The number of hydrogen-bond donors (Lipinski definition) is 2. The maximum absolute atomic E-state index is 12.7. The maximum atomic E-state index is 12.7. The zero-order valence-corrected chi connectivity index (χ0v) is 16.7. The molecule has 0 radical (unpaired) electrons. The predicted molar refractivity (Wildman–Crippen MR) is 109 cm³/mol. The van der Waals surface area contributed by atoms with Crippen molar-refractivity contribution in [1.82, 2.24) is 10.2 Å². The molecule has 0 aromatic heterocycles. The van der Waals surface area contributed by atoms with Gasteiger partial charge in [0.15, 0.2) is 0 Å². The normalized spacial score (nSPS) is 19.4. The highest BCUT2D eigenvalue weighted by Crippen LogP contribution is 2.29. The number of nitrogens with one attached hydrogen (secondary N) is 1. The van der Waals surface area contributed by atoms with E-state index in [9.17, 15) is 19.5 Å². The molecule has 2 aromatic rings. The Hall–Kier alpha value is -3.15. The minimum Gasteiger partial charge on any atom is -0.481 e. The summed E-state index contributed by atoms with van der Waals surface area (Å²) in [7, 11) is 0. The summed E-state index contributed by atoms with van der Waals surface area (Å²) in [5.41, 5.74) is 0.398. The molecule has 3 unspecified atom stereocenters. The molecule has 1 heterocycles. The average Bonchev–Trinajstić information content (AvgIpc) is 3.14. The van der Waals surface area contributed by atoms with Gasteiger partial charge in [-0.3, -0.25) is 14.4 Å². The fraction of sp³-hybridized carbons (Fsp3) is 0.348. The van der Waals surface area contributed by atoms with Crippen LogP contribution in [0, 0.1) is 5.92 Å². The van der Waals surface area contributed by atoms with Crippen molar-refractivity contribution in [2.24, 2.45) is 5.92 Å². The van der Waals surface area contributed by atoms with Crippen molar-refractivity contribution in [3.63, 3.8) is 0 Å². The second kappa shape index (κ2) is 8.47. The number of carboxylic acids is 1. The Morgan fingerprint density at radius 2 is 1.72 bits per heavy atom. The minimum absolute atomic E-state index is 0.0376. The highest BCUT2D eigenvalue weighted by molar-refractivity contribution is 5.90. The van der Waals surface area contributed by atoms with Crippen LogP contribution in [0.5, 0.6) is 0 Å². The van der Waals surface area contributed by atoms with Gasteiger partial charge in [0.1, 0.15) is 5.41 Å². The fourth-order valence-electron chi connectivity index (χ4n) is 3.71. The molecule has 6 nitrogen and oxygen atoms in total. The molecule has 0 bridgehead atoms. The van der Waals surface area contributed by atoms with Crippen LogP contribution in [0.2, 0.25) is 0 Å². The average molecular weight is 394 g/mol. The molecule has 29 heavy (non-hydrogen) atoms. The van der Waals surface area contributed by atoms with Gasteiger partial charge in [-0.1, -0.05) is 60.7 Å². The Balaban J connectivity index is 1.65. The monoisotopic (exact) mass is 394 g/mol. The van der Waals surface area contributed by atoms with Crippen LogP contribution in [0.4, 0.5) is 0 Å². The van der Waals surface area contributed by atoms with Gasteiger partial charge < -0.3 is 15.3 Å². The van der Waals surface area contributed by atoms with Gasteiger partial charge in [0.2, 0.25) is 11.8 Å². The number of amides is 2. The molecule has 1 aliphatic heterocycles. The lowest BCUT2D eigenvalue weighted by atomic mass is 9.82. The summed E-state index contributed by atoms with van der Waals surface area (Å²) in [6.07, 6.45) is 0.137. The molecule has 6 heteroatoms. The van der Waals surface area contributed by atoms with Gasteiger partial charge in [-0.2, -0.15) is 0 Å². The second-order valence-electron chi connectivity index (χ2n) is 7.75. The highest BCUT2D eigenvalue weighted by Gasteiger charge is 2.39. The first-order valence-electron chi connectivity index (χ1n) is 9.74. The van der Waals surface area contributed by atoms with E-state index < -0.39 is 17.3 Å². The van der Waals surface area contributed by atoms with Gasteiger partial charge in [-0.05, 0) is 25.0 Å². The van der Waals surface area contributed by atoms with Crippen LogP contribution in [0.3, 0.4) is 0 Å². The van der Waals surface area contributed by atoms with E-state index in [0.29, 0.717) is 12.1 Å². The van der Waals surface area contributed by atoms with Crippen LogP contribution in [0.15, 0.2) is 60.7 Å². The lowest BCUT2D eigenvalue weighted by Crippen LogP contribution is -2.46. The highest BCUT2D eigenvalue weighted by atomic mass is 16.4. The summed E-state index contributed by atoms with van der Waals surface area (Å²) < 4.78 is 0. The molecular weight excluding hydrogens is 368 g/mol. The summed E-state index contributed by atoms with van der Waals surface area (Å²) >= 11 is 0. The molecule has 1 fully saturated rings. The van der Waals surface area contributed by atoms with E-state index in [0.717, 1.165) is 5.56 Å². The number of nitrogens with zero attached hydrogens (tertiary/aromatic N) is 1. The zero-order valence-electron chi connectivity index (χ0n) is 16.7. The molecule has 152 valence electrons. The third kappa shape index (κ3) is 4.31. The van der Waals surface area contributed by atoms with Crippen LogP contribution in [0.1, 0.15) is 37.4 Å². The first kappa shape index (κ1) is 20.6. The van der Waals surface area contributed by atoms with Crippen molar-refractivity contribution in [2.45, 2.75) is 31.7 Å². The molecule has 3 rings (SSSR count). The van der Waals surface area contributed by atoms with E-state index in [-0.39, 0.29) is 30.8 Å². The zero-order chi connectivity index (χ0) is 21.0. The molecule has 2 amide bonds. The van der Waals surface area contributed by atoms with Crippen LogP contribution in [0.25, 0.3) is 0 Å². The van der Waals surface area contributed by atoms with Crippen molar-refractivity contribution in [3.8, 4) is 0 Å². The van der Waals surface area contributed by atoms with E-state index in [1.54, 1.807) is 36.1 Å². The van der Waals surface area contributed by atoms with E-state index in [1.807, 2.05) is 43.3 Å². The molecule has 1 saturated heterocycles. The number of hydrogen-bond acceptors (Lipinski definition) is 3. The first-order chi connectivity index (χ1) is 13.8. The topological polar surface area (TPSA) is 86.7 Å². The SMILES string of the molecule is CC(c1ccccc1)N1CC(C(=O)NCC(C)(C(=O)O)c2ccccc2)CC1=O. The minimum atomic E-state index is -1.24. The maximum Gasteiger partial charge on any atom is 0.315 e. The number of carboxylic acid groups (broad SMARTS) is 1. The Bertz CT molecular complexity index is 884. The van der Waals surface area contributed by atoms with Crippen LogP contribution < -0.4 is 5.32 Å². The van der Waals surface area contributed by atoms with Gasteiger partial charge in [-0.25, -0.2) is 0 Å². The Morgan fingerprint density at radius 3 is 2.31 bits per heavy atom. The quantitative estimate of drug-likeness (QED) is 0.756. The fourth-order valence-corrected chi connectivity index (χ4v) is 3.71. The molecule has 3 atom stereocenters. The van der Waals surface area contributed by atoms with Gasteiger partial charge in [0.05, 0.1) is 12.0 Å². The smallest absolute Gasteiger partial charge is 0.315 e. The van der Waals surface area contributed by atoms with Gasteiger partial charge in [-0.15, -0.1) is 0 Å². The summed E-state index contributed by atoms with van der Waals surface area (Å²) in [6, 6.07) is 18.4. The lowest BCUT2D eigenvalue weighted by molar-refractivity contribution is -0.143. The third-order valence-electron chi connectivity index (χ3n) is 5.78. The van der Waals surface area contributed by atoms with Crippen LogP contribution in [-0.4, -0.2) is 40.9 Å². The van der Waals surface area contributed by atoms with Gasteiger partial charge >= 0.3 is 5.97 Å². The molecular formula is C23H26N2O4. The number of carbonyl (C=O) groups excluding carboxylic acids is 2. The van der Waals surface area contributed by atoms with Gasteiger partial charge in [0.25, 0.3) is 0 Å². The van der Waals surface area contributed by atoms with E-state index in [4.69, 9.17) is 0 Å². The number of rotatable bonds is 7. The van der Waals surface area contributed by atoms with Crippen molar-refractivity contribution in [1.29, 1.82) is 0 Å². The number of benzene rings is 2. The largest absolute Gasteiger partial charge is 0.481 e. The molecule has 0 saturated carbocycles. The van der Waals surface area contributed by atoms with Crippen molar-refractivity contribution >= 4 is 17.8 Å². The number of likely N-dealkylation sites (tertiary alicyclic amines) is 1. The Morgan fingerprint density at radius 1 is 1.14 bits per heavy atom. The second-order valence-corrected chi connectivity index (χ2v) is 7.75. The molecule has 2 aromatic carbocycles. The summed E-state index contributed by atoms with van der Waals surface area (Å²) in [4.78, 5) is 38.8. The summed E-state index contributed by atoms with van der Waals surface area (Å²) in [5.74, 6) is -1.84. The summed E-state index contributed by atoms with van der Waals surface area (Å²) in [5, 5.41) is 12.5. The summed E-state index contributed by atoms with van der Waals surface area (Å²) in [6.45, 7) is 3.83. The van der Waals surface area contributed by atoms with E-state index >= 15 is 0 Å². The standard InChI is InChI=1S/C23H26N2O4/c1-16(17-9-5-3-6-10-17)25-14-18(13-20(25)26)21(27)24-15-23(2,22(28)29)19-11-7-4-8-12-19/h3-12,16,18H,13-15H2,1-2H3,(H,24,27)(H,28,29).